The summed E-state index contributed by atoms with van der Waals surface area (Å²) in [4.78, 5) is 14.8. The molecular weight excluding hydrogens is 442 g/mol. The van der Waals surface area contributed by atoms with Crippen molar-refractivity contribution < 1.29 is 9.53 Å². The van der Waals surface area contributed by atoms with Gasteiger partial charge in [-0.2, -0.15) is 0 Å². The van der Waals surface area contributed by atoms with Crippen molar-refractivity contribution in [1.29, 1.82) is 0 Å². The van der Waals surface area contributed by atoms with Crippen molar-refractivity contribution in [1.82, 2.24) is 4.90 Å². The zero-order chi connectivity index (χ0) is 23.8. The van der Waals surface area contributed by atoms with Crippen LogP contribution in [-0.2, 0) is 9.53 Å². The SMILES string of the molecule is CC1=C2C[C@H]3[C@@H](CCC4=CC(=O)CC[C@@]43C)C2CC[C@@]2(C1)O[C@@H]1C[C@H](C)CN(CCCl)[C@H]1[C@H]2C. The Hall–Kier alpha value is -0.640. The predicted molar refractivity (Wildman–Crippen MR) is 138 cm³/mol. The van der Waals surface area contributed by atoms with Gasteiger partial charge in [-0.25, -0.2) is 0 Å². The minimum absolute atomic E-state index is 0.00175. The molecule has 0 aromatic rings. The molecule has 0 amide bonds. The molecule has 2 heterocycles. The number of likely N-dealkylation sites (tertiary alicyclic amines) is 1. The normalized spacial score (nSPS) is 48.8. The first-order valence-electron chi connectivity index (χ1n) is 14.2. The lowest BCUT2D eigenvalue weighted by Crippen LogP contribution is -2.52. The molecule has 188 valence electrons. The van der Waals surface area contributed by atoms with Gasteiger partial charge in [0.1, 0.15) is 0 Å². The number of ketones is 1. The number of alkyl halides is 1. The molecule has 34 heavy (non-hydrogen) atoms. The summed E-state index contributed by atoms with van der Waals surface area (Å²) in [5.41, 5.74) is 5.14. The second-order valence-electron chi connectivity index (χ2n) is 13.2. The van der Waals surface area contributed by atoms with Gasteiger partial charge in [-0.1, -0.05) is 37.5 Å². The molecule has 4 heteroatoms. The van der Waals surface area contributed by atoms with E-state index in [-0.39, 0.29) is 11.0 Å². The first-order chi connectivity index (χ1) is 16.3. The summed E-state index contributed by atoms with van der Waals surface area (Å²) in [6.07, 6.45) is 12.7. The summed E-state index contributed by atoms with van der Waals surface area (Å²) in [6.45, 7) is 12.0. The number of allylic oxidation sites excluding steroid dienone is 3. The van der Waals surface area contributed by atoms with E-state index in [0.29, 0.717) is 35.6 Å². The highest BCUT2D eigenvalue weighted by atomic mass is 35.5. The number of halogens is 1. The average molecular weight is 486 g/mol. The fourth-order valence-electron chi connectivity index (χ4n) is 9.87. The molecule has 0 N–H and O–H groups in total. The molecule has 2 aliphatic heterocycles. The second kappa shape index (κ2) is 8.45. The largest absolute Gasteiger partial charge is 0.369 e. The van der Waals surface area contributed by atoms with Gasteiger partial charge in [0.05, 0.1) is 11.7 Å². The van der Waals surface area contributed by atoms with Crippen LogP contribution in [0.1, 0.15) is 85.5 Å². The highest BCUT2D eigenvalue weighted by molar-refractivity contribution is 6.18. The molecule has 0 bridgehead atoms. The molecule has 9 atom stereocenters. The van der Waals surface area contributed by atoms with Gasteiger partial charge in [0.25, 0.3) is 0 Å². The predicted octanol–water partition coefficient (Wildman–Crippen LogP) is 6.55. The van der Waals surface area contributed by atoms with Gasteiger partial charge in [-0.15, -0.1) is 11.6 Å². The van der Waals surface area contributed by atoms with Crippen molar-refractivity contribution in [2.24, 2.45) is 35.0 Å². The number of carbonyl (C=O) groups is 1. The molecule has 1 spiro atoms. The third-order valence-corrected chi connectivity index (χ3v) is 11.7. The zero-order valence-electron chi connectivity index (χ0n) is 21.7. The van der Waals surface area contributed by atoms with Gasteiger partial charge in [-0.3, -0.25) is 9.69 Å². The maximum atomic E-state index is 12.2. The van der Waals surface area contributed by atoms with Gasteiger partial charge in [-0.05, 0) is 93.5 Å². The van der Waals surface area contributed by atoms with E-state index in [4.69, 9.17) is 16.3 Å². The summed E-state index contributed by atoms with van der Waals surface area (Å²) in [5, 5.41) is 0. The molecule has 6 aliphatic rings. The van der Waals surface area contributed by atoms with Crippen LogP contribution < -0.4 is 0 Å². The minimum Gasteiger partial charge on any atom is -0.369 e. The zero-order valence-corrected chi connectivity index (χ0v) is 22.5. The van der Waals surface area contributed by atoms with Gasteiger partial charge in [0, 0.05) is 37.4 Å². The Morgan fingerprint density at radius 2 is 2.03 bits per heavy atom. The van der Waals surface area contributed by atoms with Crippen LogP contribution in [0.5, 0.6) is 0 Å². The quantitative estimate of drug-likeness (QED) is 0.328. The van der Waals surface area contributed by atoms with Crippen LogP contribution in [0.3, 0.4) is 0 Å². The molecule has 1 unspecified atom stereocenters. The maximum Gasteiger partial charge on any atom is 0.155 e. The number of rotatable bonds is 2. The molecule has 0 aromatic carbocycles. The first-order valence-corrected chi connectivity index (χ1v) is 14.7. The Morgan fingerprint density at radius 1 is 1.21 bits per heavy atom. The van der Waals surface area contributed by atoms with Crippen LogP contribution in [0.2, 0.25) is 0 Å². The van der Waals surface area contributed by atoms with Crippen molar-refractivity contribution >= 4 is 17.4 Å². The van der Waals surface area contributed by atoms with Crippen molar-refractivity contribution in [2.75, 3.05) is 19.0 Å². The third-order valence-electron chi connectivity index (χ3n) is 11.5. The molecule has 6 rings (SSSR count). The summed E-state index contributed by atoms with van der Waals surface area (Å²) < 4.78 is 7.16. The Kier molecular flexibility index (Phi) is 5.90. The lowest BCUT2D eigenvalue weighted by Gasteiger charge is -2.48. The van der Waals surface area contributed by atoms with Crippen molar-refractivity contribution in [2.45, 2.75) is 103 Å². The van der Waals surface area contributed by atoms with E-state index in [0.717, 1.165) is 50.0 Å². The van der Waals surface area contributed by atoms with E-state index in [1.54, 1.807) is 11.1 Å². The molecular formula is C30H44ClNO2. The van der Waals surface area contributed by atoms with Gasteiger partial charge < -0.3 is 4.74 Å². The molecule has 4 aliphatic carbocycles. The maximum absolute atomic E-state index is 12.2. The van der Waals surface area contributed by atoms with Crippen LogP contribution in [0, 0.1) is 35.0 Å². The van der Waals surface area contributed by atoms with E-state index in [1.807, 2.05) is 6.08 Å². The number of hydrogen-bond acceptors (Lipinski definition) is 3. The highest BCUT2D eigenvalue weighted by Crippen LogP contribution is 2.64. The Balaban J connectivity index is 1.29. The molecule has 2 saturated carbocycles. The van der Waals surface area contributed by atoms with Crippen molar-refractivity contribution in [3.8, 4) is 0 Å². The molecule has 0 aromatic heterocycles. The fraction of sp³-hybridized carbons (Fsp3) is 0.833. The molecule has 2 saturated heterocycles. The number of nitrogens with zero attached hydrogens (tertiary/aromatic N) is 1. The van der Waals surface area contributed by atoms with Gasteiger partial charge >= 0.3 is 0 Å². The van der Waals surface area contributed by atoms with Crippen molar-refractivity contribution in [3.63, 3.8) is 0 Å². The summed E-state index contributed by atoms with van der Waals surface area (Å²) in [7, 11) is 0. The molecule has 0 radical (unpaired) electrons. The lowest BCUT2D eigenvalue weighted by molar-refractivity contribution is -0.116. The van der Waals surface area contributed by atoms with E-state index in [2.05, 4.69) is 32.6 Å². The van der Waals surface area contributed by atoms with E-state index < -0.39 is 0 Å². The van der Waals surface area contributed by atoms with E-state index in [9.17, 15) is 4.79 Å². The number of piperidine rings is 1. The lowest BCUT2D eigenvalue weighted by atomic mass is 9.56. The topological polar surface area (TPSA) is 29.5 Å². The first kappa shape index (κ1) is 23.7. The van der Waals surface area contributed by atoms with Gasteiger partial charge in [0.15, 0.2) is 5.78 Å². The smallest absolute Gasteiger partial charge is 0.155 e. The number of carbonyl (C=O) groups excluding carboxylic acids is 1. The van der Waals surface area contributed by atoms with Crippen LogP contribution in [0.15, 0.2) is 22.8 Å². The summed E-state index contributed by atoms with van der Waals surface area (Å²) >= 11 is 6.23. The highest BCUT2D eigenvalue weighted by Gasteiger charge is 2.59. The Morgan fingerprint density at radius 3 is 2.82 bits per heavy atom. The Bertz CT molecular complexity index is 925. The van der Waals surface area contributed by atoms with Crippen molar-refractivity contribution in [3.05, 3.63) is 22.8 Å². The minimum atomic E-state index is 0.00175. The van der Waals surface area contributed by atoms with Crippen LogP contribution in [0.4, 0.5) is 0 Å². The average Bonchev–Trinajstić information content (AvgIpc) is 3.25. The Labute approximate surface area is 211 Å². The molecule has 4 fully saturated rings. The van der Waals surface area contributed by atoms with Crippen LogP contribution in [-0.4, -0.2) is 47.4 Å². The third kappa shape index (κ3) is 3.46. The van der Waals surface area contributed by atoms with E-state index in [1.165, 1.54) is 44.2 Å². The monoisotopic (exact) mass is 485 g/mol. The second-order valence-corrected chi connectivity index (χ2v) is 13.6. The van der Waals surface area contributed by atoms with Crippen LogP contribution in [0.25, 0.3) is 0 Å². The summed E-state index contributed by atoms with van der Waals surface area (Å²) in [6, 6.07) is 0.527. The number of fused-ring (bicyclic) bond motifs is 6. The standard InChI is InChI=1S/C30H44ClNO2/c1-18-13-27-28(32(17-18)12-11-31)20(3)30(34-27)10-8-23-24-6-5-21-14-22(33)7-9-29(21,4)26(24)15-25(23)19(2)16-30/h14,18,20,23-24,26-28H,5-13,15-17H2,1-4H3/t18-,20+,23?,24-,26-,27+,28-,29-,30-/m0/s1. The summed E-state index contributed by atoms with van der Waals surface area (Å²) in [5.74, 6) is 4.57. The fourth-order valence-corrected chi connectivity index (χ4v) is 10.1. The van der Waals surface area contributed by atoms with E-state index >= 15 is 0 Å². The number of hydrogen-bond donors (Lipinski definition) is 0. The van der Waals surface area contributed by atoms with Gasteiger partial charge in [0.2, 0.25) is 0 Å². The molecule has 3 nitrogen and oxygen atoms in total. The van der Waals surface area contributed by atoms with Crippen LogP contribution >= 0.6 is 11.6 Å². The number of ether oxygens (including phenoxy) is 1.